The molecule has 0 saturated heterocycles. The lowest BCUT2D eigenvalue weighted by Crippen LogP contribution is -2.25. The number of nitrogens with one attached hydrogen (secondary N) is 1. The molecule has 1 aromatic carbocycles. The van der Waals surface area contributed by atoms with Crippen molar-refractivity contribution in [3.05, 3.63) is 55.1 Å². The van der Waals surface area contributed by atoms with E-state index in [4.69, 9.17) is 0 Å². The summed E-state index contributed by atoms with van der Waals surface area (Å²) in [7, 11) is 0. The molecular weight excluding hydrogens is 378 g/mol. The second-order valence-electron chi connectivity index (χ2n) is 3.85. The molecule has 1 aromatic heterocycles. The van der Waals surface area contributed by atoms with Gasteiger partial charge in [0.25, 0.3) is 5.91 Å². The van der Waals surface area contributed by atoms with Crippen LogP contribution in [0.5, 0.6) is 0 Å². The second-order valence-corrected chi connectivity index (χ2v) is 7.23. The molecule has 0 spiro atoms. The first-order valence-electron chi connectivity index (χ1n) is 5.38. The zero-order valence-electron chi connectivity index (χ0n) is 9.61. The molecular formula is C13H11Br2NOS. The third kappa shape index (κ3) is 3.43. The fraction of sp³-hybridized carbons (Fsp3) is 0.154. The average molecular weight is 389 g/mol. The number of benzene rings is 1. The van der Waals surface area contributed by atoms with Gasteiger partial charge in [-0.3, -0.25) is 4.79 Å². The van der Waals surface area contributed by atoms with Gasteiger partial charge < -0.3 is 5.32 Å². The number of carbonyl (C=O) groups is 1. The zero-order valence-corrected chi connectivity index (χ0v) is 13.6. The van der Waals surface area contributed by atoms with Crippen LogP contribution in [0.2, 0.25) is 0 Å². The number of halogens is 2. The van der Waals surface area contributed by atoms with Crippen molar-refractivity contribution in [1.29, 1.82) is 0 Å². The van der Waals surface area contributed by atoms with Gasteiger partial charge in [0.05, 0.1) is 14.7 Å². The van der Waals surface area contributed by atoms with E-state index in [1.807, 2.05) is 43.3 Å². The van der Waals surface area contributed by atoms with E-state index in [0.717, 1.165) is 13.8 Å². The first-order valence-corrected chi connectivity index (χ1v) is 7.78. The summed E-state index contributed by atoms with van der Waals surface area (Å²) in [5.41, 5.74) is 1.09. The van der Waals surface area contributed by atoms with Gasteiger partial charge in [0.15, 0.2) is 0 Å². The highest BCUT2D eigenvalue weighted by Gasteiger charge is 2.12. The predicted octanol–water partition coefficient (Wildman–Crippen LogP) is 4.76. The van der Waals surface area contributed by atoms with E-state index in [-0.39, 0.29) is 11.9 Å². The summed E-state index contributed by atoms with van der Waals surface area (Å²) >= 11 is 8.18. The minimum Gasteiger partial charge on any atom is -0.345 e. The number of carbonyl (C=O) groups excluding carboxylic acids is 1. The highest BCUT2D eigenvalue weighted by atomic mass is 79.9. The van der Waals surface area contributed by atoms with Crippen molar-refractivity contribution in [2.45, 2.75) is 13.0 Å². The first kappa shape index (κ1) is 13.8. The van der Waals surface area contributed by atoms with Crippen molar-refractivity contribution in [1.82, 2.24) is 5.32 Å². The normalized spacial score (nSPS) is 12.2. The molecule has 0 fully saturated rings. The van der Waals surface area contributed by atoms with Crippen molar-refractivity contribution in [3.63, 3.8) is 0 Å². The van der Waals surface area contributed by atoms with E-state index in [9.17, 15) is 4.79 Å². The molecule has 1 amide bonds. The van der Waals surface area contributed by atoms with Gasteiger partial charge in [-0.1, -0.05) is 28.1 Å². The summed E-state index contributed by atoms with van der Waals surface area (Å²) in [5.74, 6) is -0.0406. The topological polar surface area (TPSA) is 29.1 Å². The number of thiophene rings is 1. The highest BCUT2D eigenvalue weighted by Crippen LogP contribution is 2.23. The maximum Gasteiger partial charge on any atom is 0.261 e. The van der Waals surface area contributed by atoms with E-state index in [1.54, 1.807) is 0 Å². The van der Waals surface area contributed by atoms with Gasteiger partial charge in [0.1, 0.15) is 0 Å². The third-order valence-corrected chi connectivity index (χ3v) is 4.67. The minimum atomic E-state index is -0.0406. The molecule has 2 aromatic rings. The molecule has 0 bridgehead atoms. The predicted molar refractivity (Wildman–Crippen MR) is 82.0 cm³/mol. The van der Waals surface area contributed by atoms with Crippen molar-refractivity contribution in [2.75, 3.05) is 0 Å². The van der Waals surface area contributed by atoms with Crippen LogP contribution in [0.25, 0.3) is 0 Å². The second kappa shape index (κ2) is 5.99. The van der Waals surface area contributed by atoms with Gasteiger partial charge in [0.2, 0.25) is 0 Å². The summed E-state index contributed by atoms with van der Waals surface area (Å²) in [6.07, 6.45) is 0. The van der Waals surface area contributed by atoms with Crippen molar-refractivity contribution in [2.24, 2.45) is 0 Å². The van der Waals surface area contributed by atoms with Crippen molar-refractivity contribution < 1.29 is 4.79 Å². The van der Waals surface area contributed by atoms with Gasteiger partial charge in [-0.25, -0.2) is 0 Å². The molecule has 0 aliphatic heterocycles. The Morgan fingerprint density at radius 3 is 2.39 bits per heavy atom. The lowest BCUT2D eigenvalue weighted by atomic mass is 10.1. The number of rotatable bonds is 3. The Hall–Kier alpha value is -0.650. The quantitative estimate of drug-likeness (QED) is 0.806. The van der Waals surface area contributed by atoms with Gasteiger partial charge in [-0.05, 0) is 52.7 Å². The SMILES string of the molecule is C[C@H](NC(=O)c1ccc(Br)s1)c1ccc(Br)cc1. The highest BCUT2D eigenvalue weighted by molar-refractivity contribution is 9.11. The van der Waals surface area contributed by atoms with E-state index < -0.39 is 0 Å². The maximum absolute atomic E-state index is 12.0. The lowest BCUT2D eigenvalue weighted by molar-refractivity contribution is 0.0944. The summed E-state index contributed by atoms with van der Waals surface area (Å²) < 4.78 is 2.00. The minimum absolute atomic E-state index is 0.00789. The smallest absolute Gasteiger partial charge is 0.261 e. The van der Waals surface area contributed by atoms with Crippen LogP contribution < -0.4 is 5.32 Å². The van der Waals surface area contributed by atoms with Crippen LogP contribution >= 0.6 is 43.2 Å². The molecule has 0 saturated carbocycles. The molecule has 0 aliphatic rings. The molecule has 2 rings (SSSR count). The summed E-state index contributed by atoms with van der Waals surface area (Å²) in [6.45, 7) is 1.98. The van der Waals surface area contributed by atoms with Crippen LogP contribution in [0.4, 0.5) is 0 Å². The fourth-order valence-corrected chi connectivity index (χ4v) is 3.09. The molecule has 0 unspecified atom stereocenters. The number of amides is 1. The molecule has 5 heteroatoms. The summed E-state index contributed by atoms with van der Waals surface area (Å²) in [6, 6.07) is 11.6. The van der Waals surface area contributed by atoms with E-state index in [2.05, 4.69) is 37.2 Å². The van der Waals surface area contributed by atoms with E-state index >= 15 is 0 Å². The molecule has 1 atom stereocenters. The Morgan fingerprint density at radius 1 is 1.17 bits per heavy atom. The Labute approximate surface area is 127 Å². The lowest BCUT2D eigenvalue weighted by Gasteiger charge is -2.13. The molecule has 94 valence electrons. The van der Waals surface area contributed by atoms with Crippen LogP contribution in [0.15, 0.2) is 44.7 Å². The Bertz CT molecular complexity index is 550. The van der Waals surface area contributed by atoms with Crippen LogP contribution in [-0.2, 0) is 0 Å². The Balaban J connectivity index is 2.05. The standard InChI is InChI=1S/C13H11Br2NOS/c1-8(9-2-4-10(14)5-3-9)16-13(17)11-6-7-12(15)18-11/h2-8H,1H3,(H,16,17)/t8-/m0/s1. The Morgan fingerprint density at radius 2 is 1.83 bits per heavy atom. The van der Waals surface area contributed by atoms with Crippen molar-refractivity contribution in [3.8, 4) is 0 Å². The molecule has 18 heavy (non-hydrogen) atoms. The molecule has 0 aliphatic carbocycles. The largest absolute Gasteiger partial charge is 0.345 e. The average Bonchev–Trinajstić information content (AvgIpc) is 2.76. The Kier molecular flexibility index (Phi) is 4.59. The number of hydrogen-bond acceptors (Lipinski definition) is 2. The van der Waals surface area contributed by atoms with Crippen molar-refractivity contribution >= 4 is 49.1 Å². The zero-order chi connectivity index (χ0) is 13.1. The molecule has 1 N–H and O–H groups in total. The molecule has 2 nitrogen and oxygen atoms in total. The van der Waals surface area contributed by atoms with Gasteiger partial charge in [-0.2, -0.15) is 0 Å². The van der Waals surface area contributed by atoms with Gasteiger partial charge in [0, 0.05) is 4.47 Å². The van der Waals surface area contributed by atoms with Crippen LogP contribution in [0, 0.1) is 0 Å². The van der Waals surface area contributed by atoms with Gasteiger partial charge >= 0.3 is 0 Å². The number of hydrogen-bond donors (Lipinski definition) is 1. The third-order valence-electron chi connectivity index (χ3n) is 2.51. The maximum atomic E-state index is 12.0. The van der Waals surface area contributed by atoms with Crippen LogP contribution in [-0.4, -0.2) is 5.91 Å². The van der Waals surface area contributed by atoms with Gasteiger partial charge in [-0.15, -0.1) is 11.3 Å². The molecule has 1 heterocycles. The molecule has 0 radical (unpaired) electrons. The van der Waals surface area contributed by atoms with E-state index in [0.29, 0.717) is 4.88 Å². The fourth-order valence-electron chi connectivity index (χ4n) is 1.54. The first-order chi connectivity index (χ1) is 8.56. The summed E-state index contributed by atoms with van der Waals surface area (Å²) in [5, 5.41) is 2.98. The van der Waals surface area contributed by atoms with Crippen LogP contribution in [0.1, 0.15) is 28.2 Å². The summed E-state index contributed by atoms with van der Waals surface area (Å²) in [4.78, 5) is 12.7. The van der Waals surface area contributed by atoms with E-state index in [1.165, 1.54) is 11.3 Å². The monoisotopic (exact) mass is 387 g/mol. The van der Waals surface area contributed by atoms with Crippen LogP contribution in [0.3, 0.4) is 0 Å².